The number of urea groups is 1. The first-order valence-electron chi connectivity index (χ1n) is 12.0. The predicted molar refractivity (Wildman–Crippen MR) is 140 cm³/mol. The van der Waals surface area contributed by atoms with Gasteiger partial charge in [0.05, 0.1) is 11.9 Å². The molecule has 0 saturated carbocycles. The average molecular weight is 512 g/mol. The number of carboxylic acid groups (broad SMARTS) is 2. The number of nitrogens with zero attached hydrogens (tertiary/aromatic N) is 1. The summed E-state index contributed by atoms with van der Waals surface area (Å²) in [5.74, 6) is -2.60. The number of hydrogen-bond donors (Lipinski definition) is 6. The first-order chi connectivity index (χ1) is 17.7. The van der Waals surface area contributed by atoms with Crippen LogP contribution in [0, 0.1) is 6.92 Å². The van der Waals surface area contributed by atoms with Crippen LogP contribution in [0.4, 0.5) is 10.5 Å². The Kier molecular flexibility index (Phi) is 12.1. The standard InChI is InChI=1S/C26H33N5O6/c1-18-5-7-19(8-6-18)17-29-31-21-11-9-20(10-12-21)24(34)27-15-3-2-4-16-28-26(37)30-22(25(35)36)13-14-23(32)33/h5-12,17,22,31H,2-4,13-16H2,1H3,(H,27,34)(H,32,33)(H,35,36)(H2,28,30,37)/b29-17-. The molecule has 0 saturated heterocycles. The largest absolute Gasteiger partial charge is 0.481 e. The quantitative estimate of drug-likeness (QED) is 0.121. The Morgan fingerprint density at radius 3 is 2.16 bits per heavy atom. The highest BCUT2D eigenvalue weighted by molar-refractivity contribution is 5.94. The molecule has 2 rings (SSSR count). The number of carboxylic acids is 2. The van der Waals surface area contributed by atoms with E-state index in [0.717, 1.165) is 17.7 Å². The summed E-state index contributed by atoms with van der Waals surface area (Å²) in [7, 11) is 0. The van der Waals surface area contributed by atoms with Crippen LogP contribution in [0.25, 0.3) is 0 Å². The highest BCUT2D eigenvalue weighted by Gasteiger charge is 2.20. The van der Waals surface area contributed by atoms with Crippen molar-refractivity contribution in [3.05, 3.63) is 65.2 Å². The zero-order valence-corrected chi connectivity index (χ0v) is 20.7. The molecule has 1 atom stereocenters. The summed E-state index contributed by atoms with van der Waals surface area (Å²) >= 11 is 0. The molecule has 3 amide bonds. The van der Waals surface area contributed by atoms with E-state index >= 15 is 0 Å². The van der Waals surface area contributed by atoms with Crippen molar-refractivity contribution in [1.82, 2.24) is 16.0 Å². The molecule has 0 radical (unpaired) electrons. The fourth-order valence-electron chi connectivity index (χ4n) is 3.20. The van der Waals surface area contributed by atoms with Gasteiger partial charge in [-0.2, -0.15) is 5.10 Å². The number of benzene rings is 2. The van der Waals surface area contributed by atoms with Crippen molar-refractivity contribution in [3.8, 4) is 0 Å². The van der Waals surface area contributed by atoms with Crippen LogP contribution in [0.1, 0.15) is 53.6 Å². The second-order valence-corrected chi connectivity index (χ2v) is 8.40. The molecule has 0 aromatic heterocycles. The molecule has 11 nitrogen and oxygen atoms in total. The molecule has 0 aliphatic heterocycles. The van der Waals surface area contributed by atoms with E-state index in [1.807, 2.05) is 31.2 Å². The number of rotatable bonds is 15. The molecule has 0 aliphatic carbocycles. The summed E-state index contributed by atoms with van der Waals surface area (Å²) in [5, 5.41) is 29.5. The van der Waals surface area contributed by atoms with E-state index in [1.54, 1.807) is 30.5 Å². The van der Waals surface area contributed by atoms with Gasteiger partial charge in [0.2, 0.25) is 0 Å². The first kappa shape index (κ1) is 28.8. The number of amides is 3. The number of aliphatic carboxylic acids is 2. The number of nitrogens with one attached hydrogen (secondary N) is 4. The first-order valence-corrected chi connectivity index (χ1v) is 12.0. The number of aryl methyl sites for hydroxylation is 1. The van der Waals surface area contributed by atoms with Gasteiger partial charge in [0.1, 0.15) is 6.04 Å². The fourth-order valence-corrected chi connectivity index (χ4v) is 3.20. The van der Waals surface area contributed by atoms with Gasteiger partial charge in [0.25, 0.3) is 5.91 Å². The van der Waals surface area contributed by atoms with Crippen LogP contribution in [-0.4, -0.2) is 59.4 Å². The minimum atomic E-state index is -1.29. The molecular formula is C26H33N5O6. The second kappa shape index (κ2) is 15.6. The maximum Gasteiger partial charge on any atom is 0.326 e. The summed E-state index contributed by atoms with van der Waals surface area (Å²) in [6, 6.07) is 13.0. The highest BCUT2D eigenvalue weighted by atomic mass is 16.4. The van der Waals surface area contributed by atoms with Crippen LogP contribution in [0.2, 0.25) is 0 Å². The van der Waals surface area contributed by atoms with Crippen molar-refractivity contribution in [2.75, 3.05) is 18.5 Å². The summed E-state index contributed by atoms with van der Waals surface area (Å²) < 4.78 is 0. The van der Waals surface area contributed by atoms with E-state index in [2.05, 4.69) is 26.5 Å². The van der Waals surface area contributed by atoms with E-state index in [-0.39, 0.29) is 18.7 Å². The van der Waals surface area contributed by atoms with Gasteiger partial charge < -0.3 is 26.2 Å². The monoisotopic (exact) mass is 511 g/mol. The number of hydrazone groups is 1. The van der Waals surface area contributed by atoms with Crippen LogP contribution in [0.15, 0.2) is 53.6 Å². The molecule has 11 heteroatoms. The Morgan fingerprint density at radius 2 is 1.54 bits per heavy atom. The van der Waals surface area contributed by atoms with Crippen molar-refractivity contribution in [2.45, 2.75) is 45.1 Å². The van der Waals surface area contributed by atoms with Crippen molar-refractivity contribution in [1.29, 1.82) is 0 Å². The molecule has 0 fully saturated rings. The third kappa shape index (κ3) is 11.7. The Labute approximate surface area is 215 Å². The van der Waals surface area contributed by atoms with E-state index < -0.39 is 24.0 Å². The number of hydrogen-bond acceptors (Lipinski definition) is 6. The third-order valence-electron chi connectivity index (χ3n) is 5.31. The lowest BCUT2D eigenvalue weighted by atomic mass is 10.1. The van der Waals surface area contributed by atoms with Crippen molar-refractivity contribution < 1.29 is 29.4 Å². The minimum Gasteiger partial charge on any atom is -0.481 e. The second-order valence-electron chi connectivity index (χ2n) is 8.40. The molecule has 2 aromatic rings. The summed E-state index contributed by atoms with van der Waals surface area (Å²) in [4.78, 5) is 45.8. The Morgan fingerprint density at radius 1 is 0.892 bits per heavy atom. The normalized spacial score (nSPS) is 11.5. The van der Waals surface area contributed by atoms with Gasteiger partial charge in [-0.05, 0) is 62.4 Å². The lowest BCUT2D eigenvalue weighted by Crippen LogP contribution is -2.46. The van der Waals surface area contributed by atoms with Gasteiger partial charge in [-0.1, -0.05) is 29.8 Å². The number of anilines is 1. The van der Waals surface area contributed by atoms with E-state index in [0.29, 0.717) is 31.5 Å². The Hall–Kier alpha value is -4.41. The molecule has 0 spiro atoms. The lowest BCUT2D eigenvalue weighted by molar-refractivity contribution is -0.140. The number of carbonyl (C=O) groups is 4. The van der Waals surface area contributed by atoms with Crippen LogP contribution in [0.3, 0.4) is 0 Å². The average Bonchev–Trinajstić information content (AvgIpc) is 2.87. The zero-order chi connectivity index (χ0) is 27.0. The summed E-state index contributed by atoms with van der Waals surface area (Å²) in [6.07, 6.45) is 3.26. The smallest absolute Gasteiger partial charge is 0.326 e. The lowest BCUT2D eigenvalue weighted by Gasteiger charge is -2.14. The SMILES string of the molecule is Cc1ccc(/C=N\Nc2ccc(C(=O)NCCCCCNC(=O)NC(CCC(=O)O)C(=O)O)cc2)cc1. The summed E-state index contributed by atoms with van der Waals surface area (Å²) in [6.45, 7) is 2.82. The minimum absolute atomic E-state index is 0.187. The third-order valence-corrected chi connectivity index (χ3v) is 5.31. The van der Waals surface area contributed by atoms with Gasteiger partial charge in [0, 0.05) is 25.1 Å². The molecule has 6 N–H and O–H groups in total. The van der Waals surface area contributed by atoms with Gasteiger partial charge in [0.15, 0.2) is 0 Å². The maximum absolute atomic E-state index is 12.3. The van der Waals surface area contributed by atoms with Crippen LogP contribution >= 0.6 is 0 Å². The van der Waals surface area contributed by atoms with Crippen LogP contribution in [-0.2, 0) is 9.59 Å². The summed E-state index contributed by atoms with van der Waals surface area (Å²) in [5.41, 5.74) is 6.38. The van der Waals surface area contributed by atoms with Gasteiger partial charge in [-0.25, -0.2) is 9.59 Å². The van der Waals surface area contributed by atoms with E-state index in [9.17, 15) is 19.2 Å². The molecular weight excluding hydrogens is 478 g/mol. The number of carbonyl (C=O) groups excluding carboxylic acids is 2. The zero-order valence-electron chi connectivity index (χ0n) is 20.7. The van der Waals surface area contributed by atoms with Crippen molar-refractivity contribution >= 4 is 35.8 Å². The van der Waals surface area contributed by atoms with Crippen molar-refractivity contribution in [2.24, 2.45) is 5.10 Å². The van der Waals surface area contributed by atoms with E-state index in [4.69, 9.17) is 10.2 Å². The predicted octanol–water partition coefficient (Wildman–Crippen LogP) is 2.96. The van der Waals surface area contributed by atoms with Crippen LogP contribution < -0.4 is 21.4 Å². The van der Waals surface area contributed by atoms with E-state index in [1.165, 1.54) is 5.56 Å². The molecule has 0 aliphatic rings. The molecule has 0 bridgehead atoms. The number of unbranched alkanes of at least 4 members (excludes halogenated alkanes) is 2. The molecule has 37 heavy (non-hydrogen) atoms. The maximum atomic E-state index is 12.3. The fraction of sp³-hybridized carbons (Fsp3) is 0.346. The van der Waals surface area contributed by atoms with Gasteiger partial charge >= 0.3 is 18.0 Å². The molecule has 2 aromatic carbocycles. The Bertz CT molecular complexity index is 1070. The van der Waals surface area contributed by atoms with Gasteiger partial charge in [-0.3, -0.25) is 15.0 Å². The van der Waals surface area contributed by atoms with Crippen LogP contribution in [0.5, 0.6) is 0 Å². The topological polar surface area (TPSA) is 169 Å². The Balaban J connectivity index is 1.59. The van der Waals surface area contributed by atoms with Gasteiger partial charge in [-0.15, -0.1) is 0 Å². The molecule has 1 unspecified atom stereocenters. The molecule has 198 valence electrons. The molecule has 0 heterocycles. The highest BCUT2D eigenvalue weighted by Crippen LogP contribution is 2.10. The van der Waals surface area contributed by atoms with Crippen molar-refractivity contribution in [3.63, 3.8) is 0 Å².